The van der Waals surface area contributed by atoms with Crippen LogP contribution in [-0.4, -0.2) is 48.4 Å². The molecule has 1 aliphatic heterocycles. The van der Waals surface area contributed by atoms with Crippen LogP contribution in [0.1, 0.15) is 0 Å². The maximum absolute atomic E-state index is 5.61. The average Bonchev–Trinajstić information content (AvgIpc) is 3.35. The Morgan fingerprint density at radius 2 is 1.58 bits per heavy atom. The van der Waals surface area contributed by atoms with Crippen LogP contribution in [0.25, 0.3) is 22.8 Å². The quantitative estimate of drug-likeness (QED) is 0.487. The van der Waals surface area contributed by atoms with Crippen LogP contribution in [0.5, 0.6) is 5.75 Å². The predicted molar refractivity (Wildman–Crippen MR) is 120 cm³/mol. The van der Waals surface area contributed by atoms with Gasteiger partial charge in [0.1, 0.15) is 11.6 Å². The molecule has 0 N–H and O–H groups in total. The van der Waals surface area contributed by atoms with Crippen molar-refractivity contribution in [2.75, 3.05) is 43.1 Å². The molecule has 0 spiro atoms. The zero-order valence-corrected chi connectivity index (χ0v) is 17.3. The molecule has 3 heterocycles. The van der Waals surface area contributed by atoms with E-state index in [1.54, 1.807) is 7.11 Å². The van der Waals surface area contributed by atoms with Gasteiger partial charge < -0.3 is 19.1 Å². The second-order valence-electron chi connectivity index (χ2n) is 7.34. The Morgan fingerprint density at radius 3 is 2.32 bits per heavy atom. The first-order chi connectivity index (χ1) is 15.3. The summed E-state index contributed by atoms with van der Waals surface area (Å²) in [6.07, 6.45) is 1.81. The van der Waals surface area contributed by atoms with Crippen molar-refractivity contribution in [1.29, 1.82) is 0 Å². The second-order valence-corrected chi connectivity index (χ2v) is 7.34. The van der Waals surface area contributed by atoms with Crippen LogP contribution in [-0.2, 0) is 0 Å². The van der Waals surface area contributed by atoms with Gasteiger partial charge >= 0.3 is 0 Å². The van der Waals surface area contributed by atoms with Crippen LogP contribution in [0.2, 0.25) is 0 Å². The summed E-state index contributed by atoms with van der Waals surface area (Å²) in [7, 11) is 1.64. The standard InChI is InChI=1S/C24H23N5O2/c1-30-20-11-9-18(10-12-20)22-26-24(31-27-22)21-8-5-13-25-23(21)29-16-14-28(15-17-29)19-6-3-2-4-7-19/h2-13H,14-17H2,1H3. The SMILES string of the molecule is COc1ccc(-c2noc(-c3cccnc3N3CCN(c4ccccc4)CC3)n2)cc1. The Labute approximate surface area is 180 Å². The highest BCUT2D eigenvalue weighted by Gasteiger charge is 2.23. The molecule has 4 aromatic rings. The first-order valence-electron chi connectivity index (χ1n) is 10.3. The van der Waals surface area contributed by atoms with Crippen LogP contribution in [0.4, 0.5) is 11.5 Å². The van der Waals surface area contributed by atoms with Crippen LogP contribution in [0.3, 0.4) is 0 Å². The topological polar surface area (TPSA) is 67.5 Å². The summed E-state index contributed by atoms with van der Waals surface area (Å²) < 4.78 is 10.8. The van der Waals surface area contributed by atoms with Gasteiger partial charge in [0.15, 0.2) is 0 Å². The van der Waals surface area contributed by atoms with Crippen molar-refractivity contribution in [3.8, 4) is 28.6 Å². The molecule has 0 saturated carbocycles. The summed E-state index contributed by atoms with van der Waals surface area (Å²) in [4.78, 5) is 14.0. The summed E-state index contributed by atoms with van der Waals surface area (Å²) in [6.45, 7) is 3.61. The number of pyridine rings is 1. The molecule has 0 atom stereocenters. The average molecular weight is 413 g/mol. The fraction of sp³-hybridized carbons (Fsp3) is 0.208. The number of piperazine rings is 1. The van der Waals surface area contributed by atoms with Gasteiger partial charge in [-0.05, 0) is 48.5 Å². The summed E-state index contributed by atoms with van der Waals surface area (Å²) in [5, 5.41) is 4.17. The molecule has 0 radical (unpaired) electrons. The van der Waals surface area contributed by atoms with E-state index in [0.717, 1.165) is 48.9 Å². The van der Waals surface area contributed by atoms with E-state index in [0.29, 0.717) is 11.7 Å². The molecule has 0 unspecified atom stereocenters. The van der Waals surface area contributed by atoms with E-state index in [4.69, 9.17) is 9.26 Å². The summed E-state index contributed by atoms with van der Waals surface area (Å²) >= 11 is 0. The molecule has 0 aliphatic carbocycles. The minimum Gasteiger partial charge on any atom is -0.497 e. The van der Waals surface area contributed by atoms with E-state index in [1.807, 2.05) is 48.7 Å². The third-order valence-corrected chi connectivity index (χ3v) is 5.49. The number of aromatic nitrogens is 3. The van der Waals surface area contributed by atoms with Crippen LogP contribution in [0.15, 0.2) is 77.4 Å². The number of hydrogen-bond acceptors (Lipinski definition) is 7. The smallest absolute Gasteiger partial charge is 0.261 e. The van der Waals surface area contributed by atoms with E-state index in [-0.39, 0.29) is 0 Å². The van der Waals surface area contributed by atoms with Crippen LogP contribution < -0.4 is 14.5 Å². The van der Waals surface area contributed by atoms with E-state index in [1.165, 1.54) is 5.69 Å². The Morgan fingerprint density at radius 1 is 0.839 bits per heavy atom. The van der Waals surface area contributed by atoms with E-state index in [2.05, 4.69) is 49.2 Å². The monoisotopic (exact) mass is 413 g/mol. The second kappa shape index (κ2) is 8.47. The van der Waals surface area contributed by atoms with Gasteiger partial charge in [0, 0.05) is 43.6 Å². The number of rotatable bonds is 5. The number of para-hydroxylation sites is 1. The molecule has 7 nitrogen and oxygen atoms in total. The van der Waals surface area contributed by atoms with Crippen molar-refractivity contribution in [2.45, 2.75) is 0 Å². The molecule has 7 heteroatoms. The Bertz CT molecular complexity index is 1140. The third-order valence-electron chi connectivity index (χ3n) is 5.49. The number of benzene rings is 2. The molecule has 156 valence electrons. The van der Waals surface area contributed by atoms with Crippen LogP contribution >= 0.6 is 0 Å². The van der Waals surface area contributed by atoms with Crippen molar-refractivity contribution < 1.29 is 9.26 Å². The fourth-order valence-corrected chi connectivity index (χ4v) is 3.82. The van der Waals surface area contributed by atoms with Gasteiger partial charge in [0.2, 0.25) is 5.82 Å². The zero-order valence-electron chi connectivity index (χ0n) is 17.3. The van der Waals surface area contributed by atoms with Gasteiger partial charge in [-0.3, -0.25) is 0 Å². The number of anilines is 2. The molecular weight excluding hydrogens is 390 g/mol. The summed E-state index contributed by atoms with van der Waals surface area (Å²) in [5.74, 6) is 2.68. The summed E-state index contributed by atoms with van der Waals surface area (Å²) in [5.41, 5.74) is 2.98. The lowest BCUT2D eigenvalue weighted by molar-refractivity contribution is 0.415. The van der Waals surface area contributed by atoms with Gasteiger partial charge in [-0.2, -0.15) is 4.98 Å². The molecular formula is C24H23N5O2. The Balaban J connectivity index is 1.36. The highest BCUT2D eigenvalue weighted by Crippen LogP contribution is 2.30. The lowest BCUT2D eigenvalue weighted by atomic mass is 10.2. The highest BCUT2D eigenvalue weighted by molar-refractivity contribution is 5.71. The third kappa shape index (κ3) is 3.94. The maximum Gasteiger partial charge on any atom is 0.261 e. The summed E-state index contributed by atoms with van der Waals surface area (Å²) in [6, 6.07) is 22.0. The Hall–Kier alpha value is -3.87. The first-order valence-corrected chi connectivity index (χ1v) is 10.3. The molecule has 2 aromatic carbocycles. The van der Waals surface area contributed by atoms with Crippen LogP contribution in [0, 0.1) is 0 Å². The largest absolute Gasteiger partial charge is 0.497 e. The number of nitrogens with zero attached hydrogens (tertiary/aromatic N) is 5. The molecule has 5 rings (SSSR count). The van der Waals surface area contributed by atoms with Gasteiger partial charge in [0.05, 0.1) is 12.7 Å². The van der Waals surface area contributed by atoms with Gasteiger partial charge in [-0.1, -0.05) is 23.4 Å². The lowest BCUT2D eigenvalue weighted by Gasteiger charge is -2.37. The molecule has 1 fully saturated rings. The minimum atomic E-state index is 0.472. The van der Waals surface area contributed by atoms with E-state index < -0.39 is 0 Å². The van der Waals surface area contributed by atoms with Crippen molar-refractivity contribution in [2.24, 2.45) is 0 Å². The van der Waals surface area contributed by atoms with Gasteiger partial charge in [-0.25, -0.2) is 4.98 Å². The molecule has 1 saturated heterocycles. The van der Waals surface area contributed by atoms with Gasteiger partial charge in [0.25, 0.3) is 5.89 Å². The fourth-order valence-electron chi connectivity index (χ4n) is 3.82. The van der Waals surface area contributed by atoms with Crippen molar-refractivity contribution in [3.63, 3.8) is 0 Å². The first kappa shape index (κ1) is 19.1. The van der Waals surface area contributed by atoms with Crippen molar-refractivity contribution >= 4 is 11.5 Å². The minimum absolute atomic E-state index is 0.472. The maximum atomic E-state index is 5.61. The number of methoxy groups -OCH3 is 1. The zero-order chi connectivity index (χ0) is 21.0. The molecule has 1 aliphatic rings. The van der Waals surface area contributed by atoms with E-state index >= 15 is 0 Å². The number of ether oxygens (including phenoxy) is 1. The Kier molecular flexibility index (Phi) is 5.22. The van der Waals surface area contributed by atoms with Crippen molar-refractivity contribution in [1.82, 2.24) is 15.1 Å². The molecule has 0 bridgehead atoms. The molecule has 2 aromatic heterocycles. The van der Waals surface area contributed by atoms with Gasteiger partial charge in [-0.15, -0.1) is 0 Å². The van der Waals surface area contributed by atoms with Crippen molar-refractivity contribution in [3.05, 3.63) is 72.9 Å². The normalized spacial score (nSPS) is 14.0. The molecule has 31 heavy (non-hydrogen) atoms. The molecule has 0 amide bonds. The number of hydrogen-bond donors (Lipinski definition) is 0. The van der Waals surface area contributed by atoms with E-state index in [9.17, 15) is 0 Å². The predicted octanol–water partition coefficient (Wildman–Crippen LogP) is 4.13. The highest BCUT2D eigenvalue weighted by atomic mass is 16.5. The lowest BCUT2D eigenvalue weighted by Crippen LogP contribution is -2.47.